The summed E-state index contributed by atoms with van der Waals surface area (Å²) in [7, 11) is 0. The van der Waals surface area contributed by atoms with Crippen molar-refractivity contribution in [1.29, 1.82) is 0 Å². The lowest BCUT2D eigenvalue weighted by Gasteiger charge is -2.22. The highest BCUT2D eigenvalue weighted by Gasteiger charge is 2.20. The van der Waals surface area contributed by atoms with Crippen molar-refractivity contribution in [2.45, 2.75) is 353 Å². The first-order chi connectivity index (χ1) is 32.0. The summed E-state index contributed by atoms with van der Waals surface area (Å²) in [6, 6.07) is -0.547. The molecule has 0 bridgehead atoms. The SMILES string of the molecule is CCCCCCCCCCCCCCCCCCCCCCCCC(O)C(CO)NC(=O)CCCCCCCCCCCCCCCCCOC(=O)CCCCCCCCCCCCC. The van der Waals surface area contributed by atoms with Gasteiger partial charge in [-0.25, -0.2) is 0 Å². The average Bonchev–Trinajstić information content (AvgIpc) is 3.31. The number of hydrogen-bond donors (Lipinski definition) is 3. The van der Waals surface area contributed by atoms with Gasteiger partial charge >= 0.3 is 5.97 Å². The van der Waals surface area contributed by atoms with E-state index < -0.39 is 12.1 Å². The fourth-order valence-corrected chi connectivity index (χ4v) is 9.58. The molecule has 0 radical (unpaired) electrons. The number of amides is 1. The molecule has 0 fully saturated rings. The molecule has 0 aliphatic heterocycles. The number of rotatable bonds is 56. The van der Waals surface area contributed by atoms with Crippen LogP contribution in [0.25, 0.3) is 0 Å². The minimum Gasteiger partial charge on any atom is -0.466 e. The molecule has 3 N–H and O–H groups in total. The van der Waals surface area contributed by atoms with Crippen molar-refractivity contribution >= 4 is 11.9 Å². The fourth-order valence-electron chi connectivity index (χ4n) is 9.58. The zero-order valence-corrected chi connectivity index (χ0v) is 44.3. The Hall–Kier alpha value is -1.14. The standard InChI is InChI=1S/C59H117NO5/c1-3-5-7-9-11-13-15-16-17-18-19-20-21-22-23-25-28-32-35-39-43-47-51-57(62)56(55-61)60-58(63)52-48-44-40-36-33-29-26-24-27-30-34-38-42-46-50-54-65-59(64)53-49-45-41-37-31-14-12-10-8-6-4-2/h56-57,61-62H,3-55H2,1-2H3,(H,60,63). The van der Waals surface area contributed by atoms with Crippen LogP contribution in [0, 0.1) is 0 Å². The molecule has 0 heterocycles. The Morgan fingerprint density at radius 1 is 0.369 bits per heavy atom. The normalized spacial score (nSPS) is 12.5. The van der Waals surface area contributed by atoms with E-state index in [1.165, 1.54) is 263 Å². The molecule has 2 unspecified atom stereocenters. The maximum atomic E-state index is 12.5. The van der Waals surface area contributed by atoms with E-state index in [9.17, 15) is 19.8 Å². The maximum absolute atomic E-state index is 12.5. The molecule has 0 spiro atoms. The highest BCUT2D eigenvalue weighted by molar-refractivity contribution is 5.76. The zero-order chi connectivity index (χ0) is 47.2. The second-order valence-electron chi connectivity index (χ2n) is 20.7. The zero-order valence-electron chi connectivity index (χ0n) is 44.3. The predicted molar refractivity (Wildman–Crippen MR) is 283 cm³/mol. The van der Waals surface area contributed by atoms with Gasteiger partial charge in [0.25, 0.3) is 0 Å². The highest BCUT2D eigenvalue weighted by atomic mass is 16.5. The van der Waals surface area contributed by atoms with Crippen molar-refractivity contribution in [3.8, 4) is 0 Å². The summed E-state index contributed by atoms with van der Waals surface area (Å²) in [6.45, 7) is 4.96. The van der Waals surface area contributed by atoms with Gasteiger partial charge in [0.2, 0.25) is 5.91 Å². The van der Waals surface area contributed by atoms with Crippen LogP contribution in [0.1, 0.15) is 341 Å². The van der Waals surface area contributed by atoms with Crippen LogP contribution in [0.4, 0.5) is 0 Å². The number of hydrogen-bond acceptors (Lipinski definition) is 5. The van der Waals surface area contributed by atoms with Gasteiger partial charge in [0.15, 0.2) is 0 Å². The Balaban J connectivity index is 3.42. The minimum atomic E-state index is -0.669. The highest BCUT2D eigenvalue weighted by Crippen LogP contribution is 2.18. The van der Waals surface area contributed by atoms with E-state index in [1.54, 1.807) is 0 Å². The number of ether oxygens (including phenoxy) is 1. The van der Waals surface area contributed by atoms with E-state index >= 15 is 0 Å². The molecular formula is C59H117NO5. The Bertz CT molecular complexity index is 928. The van der Waals surface area contributed by atoms with Crippen LogP contribution in [0.15, 0.2) is 0 Å². The second kappa shape index (κ2) is 55.5. The summed E-state index contributed by atoms with van der Waals surface area (Å²) in [6.07, 6.45) is 63.8. The van der Waals surface area contributed by atoms with E-state index in [-0.39, 0.29) is 18.5 Å². The molecule has 0 aliphatic rings. The summed E-state index contributed by atoms with van der Waals surface area (Å²) in [5.41, 5.74) is 0. The quantitative estimate of drug-likeness (QED) is 0.0417. The fraction of sp³-hybridized carbons (Fsp3) is 0.966. The van der Waals surface area contributed by atoms with Crippen molar-refractivity contribution in [3.05, 3.63) is 0 Å². The molecule has 0 aliphatic carbocycles. The first-order valence-corrected chi connectivity index (χ1v) is 29.8. The van der Waals surface area contributed by atoms with Crippen molar-refractivity contribution in [1.82, 2.24) is 5.32 Å². The van der Waals surface area contributed by atoms with Crippen molar-refractivity contribution < 1.29 is 24.5 Å². The molecule has 0 rings (SSSR count). The molecule has 0 saturated heterocycles. The van der Waals surface area contributed by atoms with E-state index in [0.29, 0.717) is 25.9 Å². The van der Waals surface area contributed by atoms with E-state index in [1.807, 2.05) is 0 Å². The number of aliphatic hydroxyl groups is 2. The number of aliphatic hydroxyl groups excluding tert-OH is 2. The number of esters is 1. The topological polar surface area (TPSA) is 95.9 Å². The Morgan fingerprint density at radius 2 is 0.631 bits per heavy atom. The van der Waals surface area contributed by atoms with Crippen LogP contribution in [-0.2, 0) is 14.3 Å². The maximum Gasteiger partial charge on any atom is 0.305 e. The van der Waals surface area contributed by atoms with Crippen LogP contribution in [-0.4, -0.2) is 47.4 Å². The average molecular weight is 921 g/mol. The summed E-state index contributed by atoms with van der Waals surface area (Å²) >= 11 is 0. The van der Waals surface area contributed by atoms with E-state index in [2.05, 4.69) is 19.2 Å². The van der Waals surface area contributed by atoms with Crippen LogP contribution in [0.3, 0.4) is 0 Å². The Labute approximate surface area is 406 Å². The summed E-state index contributed by atoms with van der Waals surface area (Å²) in [5.74, 6) is -0.0373. The van der Waals surface area contributed by atoms with Gasteiger partial charge in [0, 0.05) is 12.8 Å². The lowest BCUT2D eigenvalue weighted by atomic mass is 10.0. The number of unbranched alkanes of at least 4 members (excludes halogenated alkanes) is 45. The molecule has 1 amide bonds. The summed E-state index contributed by atoms with van der Waals surface area (Å²) in [5, 5.41) is 23.4. The third-order valence-corrected chi connectivity index (χ3v) is 14.2. The van der Waals surface area contributed by atoms with Gasteiger partial charge < -0.3 is 20.3 Å². The molecule has 6 nitrogen and oxygen atoms in total. The van der Waals surface area contributed by atoms with E-state index in [0.717, 1.165) is 44.9 Å². The van der Waals surface area contributed by atoms with Crippen molar-refractivity contribution in [2.75, 3.05) is 13.2 Å². The Morgan fingerprint density at radius 3 is 0.938 bits per heavy atom. The van der Waals surface area contributed by atoms with Gasteiger partial charge in [0.05, 0.1) is 25.4 Å². The van der Waals surface area contributed by atoms with Gasteiger partial charge in [-0.15, -0.1) is 0 Å². The molecule has 0 aromatic rings. The molecule has 6 heteroatoms. The smallest absolute Gasteiger partial charge is 0.305 e. The Kier molecular flexibility index (Phi) is 54.5. The monoisotopic (exact) mass is 920 g/mol. The molecule has 0 aromatic carbocycles. The van der Waals surface area contributed by atoms with Gasteiger partial charge in [-0.2, -0.15) is 0 Å². The lowest BCUT2D eigenvalue weighted by Crippen LogP contribution is -2.45. The van der Waals surface area contributed by atoms with Crippen LogP contribution in [0.2, 0.25) is 0 Å². The molecule has 388 valence electrons. The molecule has 2 atom stereocenters. The lowest BCUT2D eigenvalue weighted by molar-refractivity contribution is -0.143. The van der Waals surface area contributed by atoms with Crippen LogP contribution in [0.5, 0.6) is 0 Å². The second-order valence-corrected chi connectivity index (χ2v) is 20.7. The van der Waals surface area contributed by atoms with Crippen LogP contribution < -0.4 is 5.32 Å². The first-order valence-electron chi connectivity index (χ1n) is 29.8. The third kappa shape index (κ3) is 52.1. The number of carbonyl (C=O) groups is 2. The van der Waals surface area contributed by atoms with Gasteiger partial charge in [-0.1, -0.05) is 303 Å². The van der Waals surface area contributed by atoms with Gasteiger partial charge in [-0.05, 0) is 25.7 Å². The van der Waals surface area contributed by atoms with Crippen molar-refractivity contribution in [2.24, 2.45) is 0 Å². The first kappa shape index (κ1) is 63.9. The molecule has 0 aromatic heterocycles. The molecular weight excluding hydrogens is 803 g/mol. The van der Waals surface area contributed by atoms with Crippen LogP contribution >= 0.6 is 0 Å². The predicted octanol–water partition coefficient (Wildman–Crippen LogP) is 18.3. The number of nitrogens with one attached hydrogen (secondary N) is 1. The largest absolute Gasteiger partial charge is 0.466 e. The van der Waals surface area contributed by atoms with E-state index in [4.69, 9.17) is 4.74 Å². The number of carbonyl (C=O) groups excluding carboxylic acids is 2. The third-order valence-electron chi connectivity index (χ3n) is 14.2. The summed E-state index contributed by atoms with van der Waals surface area (Å²) < 4.78 is 5.46. The van der Waals surface area contributed by atoms with Gasteiger partial charge in [0.1, 0.15) is 0 Å². The minimum absolute atomic E-state index is 0.00169. The molecule has 0 saturated carbocycles. The van der Waals surface area contributed by atoms with Crippen molar-refractivity contribution in [3.63, 3.8) is 0 Å². The summed E-state index contributed by atoms with van der Waals surface area (Å²) in [4.78, 5) is 24.5. The molecule has 65 heavy (non-hydrogen) atoms. The van der Waals surface area contributed by atoms with Gasteiger partial charge in [-0.3, -0.25) is 9.59 Å².